The molecule has 7 heteroatoms. The molecular weight excluding hydrogens is 388 g/mol. The molecule has 0 unspecified atom stereocenters. The molecule has 0 radical (unpaired) electrons. The molecule has 82 valence electrons. The second-order valence-electron chi connectivity index (χ2n) is 3.11. The first kappa shape index (κ1) is 12.2. The zero-order chi connectivity index (χ0) is 11.8. The van der Waals surface area contributed by atoms with Gasteiger partial charge in [0.2, 0.25) is 0 Å². The third kappa shape index (κ3) is 2.51. The molecule has 0 aromatic heterocycles. The fraction of sp³-hybridized carbons (Fsp3) is 0.111. The Morgan fingerprint density at radius 1 is 1.31 bits per heavy atom. The number of hydrogen-bond acceptors (Lipinski definition) is 2. The van der Waals surface area contributed by atoms with Crippen LogP contribution in [0.25, 0.3) is 0 Å². The molecule has 0 fully saturated rings. The molecule has 0 saturated heterocycles. The summed E-state index contributed by atoms with van der Waals surface area (Å²) in [6.45, 7) is 0. The average molecular weight is 393 g/mol. The standard InChI is InChI=1S/C9H5BrF3N2.In/c1-2-14-15-8-5-6(10)3-4-7(8)9(11,12)13;/h1-5H;/q-1;+1. The van der Waals surface area contributed by atoms with Crippen LogP contribution in [-0.2, 0) is 6.18 Å². The van der Waals surface area contributed by atoms with Crippen LogP contribution in [0.4, 0.5) is 18.9 Å². The molecule has 0 saturated carbocycles. The van der Waals surface area contributed by atoms with Gasteiger partial charge in [0.15, 0.2) is 0 Å². The van der Waals surface area contributed by atoms with Gasteiger partial charge in [0.1, 0.15) is 0 Å². The number of hydrazone groups is 1. The van der Waals surface area contributed by atoms with Gasteiger partial charge in [-0.1, -0.05) is 0 Å². The van der Waals surface area contributed by atoms with Crippen LogP contribution in [0.1, 0.15) is 5.56 Å². The first-order chi connectivity index (χ1) is 7.48. The number of rotatable bonds is 1. The summed E-state index contributed by atoms with van der Waals surface area (Å²) in [6.07, 6.45) is -2.76. The van der Waals surface area contributed by atoms with Gasteiger partial charge in [0, 0.05) is 0 Å². The first-order valence-electron chi connectivity index (χ1n) is 4.35. The predicted molar refractivity (Wildman–Crippen MR) is 61.9 cm³/mol. The quantitative estimate of drug-likeness (QED) is 0.717. The normalized spacial score (nSPS) is 14.4. The minimum atomic E-state index is -4.34. The molecule has 2 nitrogen and oxygen atoms in total. The first-order valence-corrected chi connectivity index (χ1v) is 8.52. The van der Waals surface area contributed by atoms with Gasteiger partial charge in [0.05, 0.1) is 0 Å². The fourth-order valence-corrected chi connectivity index (χ4v) is 4.11. The Kier molecular flexibility index (Phi) is 3.44. The second-order valence-corrected chi connectivity index (χ2v) is 7.37. The Morgan fingerprint density at radius 3 is 2.62 bits per heavy atom. The van der Waals surface area contributed by atoms with Crippen molar-refractivity contribution in [2.45, 2.75) is 6.18 Å². The topological polar surface area (TPSA) is 15.6 Å². The van der Waals surface area contributed by atoms with Crippen molar-refractivity contribution in [3.05, 3.63) is 28.2 Å². The third-order valence-corrected chi connectivity index (χ3v) is 5.47. The van der Waals surface area contributed by atoms with Crippen LogP contribution < -0.4 is 3.00 Å². The van der Waals surface area contributed by atoms with E-state index in [4.69, 9.17) is 0 Å². The molecule has 1 aromatic rings. The van der Waals surface area contributed by atoms with E-state index in [-0.39, 0.29) is 5.69 Å². The summed E-state index contributed by atoms with van der Waals surface area (Å²) in [7, 11) is 0. The molecule has 0 spiro atoms. The Labute approximate surface area is 109 Å². The van der Waals surface area contributed by atoms with E-state index in [1.807, 2.05) is 3.76 Å². The Hall–Kier alpha value is -0.300. The van der Waals surface area contributed by atoms with E-state index in [1.54, 1.807) is 6.21 Å². The molecule has 1 aromatic carbocycles. The fourth-order valence-electron chi connectivity index (χ4n) is 1.35. The minimum absolute atomic E-state index is 0.146. The molecule has 1 aliphatic heterocycles. The number of alkyl halides is 3. The molecule has 2 rings (SSSR count). The average Bonchev–Trinajstić information content (AvgIpc) is 2.68. The van der Waals surface area contributed by atoms with Crippen molar-refractivity contribution in [2.24, 2.45) is 5.10 Å². The zero-order valence-electron chi connectivity index (χ0n) is 7.87. The Morgan fingerprint density at radius 2 is 2.06 bits per heavy atom. The number of hydrogen-bond donors (Lipinski definition) is 0. The summed E-state index contributed by atoms with van der Waals surface area (Å²) < 4.78 is 42.3. The van der Waals surface area contributed by atoms with Crippen LogP contribution in [0.3, 0.4) is 0 Å². The number of anilines is 1. The van der Waals surface area contributed by atoms with Gasteiger partial charge in [-0.15, -0.1) is 0 Å². The molecule has 1 aliphatic rings. The van der Waals surface area contributed by atoms with E-state index >= 15 is 0 Å². The van der Waals surface area contributed by atoms with Crippen molar-refractivity contribution in [1.82, 2.24) is 0 Å². The summed E-state index contributed by atoms with van der Waals surface area (Å²) in [5, 5.41) is 3.94. The molecule has 0 amide bonds. The van der Waals surface area contributed by atoms with E-state index in [0.717, 1.165) is 6.07 Å². The van der Waals surface area contributed by atoms with Crippen LogP contribution in [-0.4, -0.2) is 32.7 Å². The summed E-state index contributed by atoms with van der Waals surface area (Å²) in [4.78, 5) is 0. The summed E-state index contributed by atoms with van der Waals surface area (Å²) in [5.41, 5.74) is -0.484. The summed E-state index contributed by atoms with van der Waals surface area (Å²) in [6, 6.07) is 3.93. The Bertz CT molecular complexity index is 458. The number of halogens is 4. The van der Waals surface area contributed by atoms with Crippen LogP contribution in [0.15, 0.2) is 27.8 Å². The molecular formula is C9H5BrF3InN2. The van der Waals surface area contributed by atoms with E-state index < -0.39 is 34.5 Å². The van der Waals surface area contributed by atoms with Gasteiger partial charge < -0.3 is 0 Å². The molecule has 0 atom stereocenters. The van der Waals surface area contributed by atoms with Crippen molar-refractivity contribution >= 4 is 54.3 Å². The van der Waals surface area contributed by atoms with Gasteiger partial charge in [-0.2, -0.15) is 0 Å². The van der Waals surface area contributed by atoms with E-state index in [9.17, 15) is 13.2 Å². The van der Waals surface area contributed by atoms with Gasteiger partial charge in [-0.25, -0.2) is 0 Å². The van der Waals surface area contributed by atoms with Gasteiger partial charge in [-0.05, 0) is 0 Å². The van der Waals surface area contributed by atoms with Crippen molar-refractivity contribution in [2.75, 3.05) is 3.00 Å². The summed E-state index contributed by atoms with van der Waals surface area (Å²) in [5.74, 6) is 0. The second kappa shape index (κ2) is 4.52. The maximum atomic E-state index is 12.8. The number of benzene rings is 1. The zero-order valence-corrected chi connectivity index (χ0v) is 12.8. The van der Waals surface area contributed by atoms with E-state index in [0.29, 0.717) is 4.47 Å². The predicted octanol–water partition coefficient (Wildman–Crippen LogP) is 2.70. The van der Waals surface area contributed by atoms with Gasteiger partial charge >= 0.3 is 110 Å². The maximum absolute atomic E-state index is 12.8. The van der Waals surface area contributed by atoms with Crippen LogP contribution in [0.5, 0.6) is 0 Å². The van der Waals surface area contributed by atoms with E-state index in [1.165, 1.54) is 15.1 Å². The molecule has 0 bridgehead atoms. The van der Waals surface area contributed by atoms with Crippen molar-refractivity contribution in [1.29, 1.82) is 0 Å². The SMILES string of the molecule is FC(F)(F)c1ccc(Br)cc1[N]1N=C[CH]=[In]1. The van der Waals surface area contributed by atoms with Gasteiger partial charge in [-0.3, -0.25) is 0 Å². The Balaban J connectivity index is 2.53. The molecule has 0 N–H and O–H groups in total. The molecule has 0 aliphatic carbocycles. The summed E-state index contributed by atoms with van der Waals surface area (Å²) >= 11 is 1.85. The molecule has 1 heterocycles. The van der Waals surface area contributed by atoms with Crippen molar-refractivity contribution in [3.8, 4) is 0 Å². The van der Waals surface area contributed by atoms with Gasteiger partial charge in [0.25, 0.3) is 0 Å². The van der Waals surface area contributed by atoms with Crippen molar-refractivity contribution in [3.63, 3.8) is 0 Å². The third-order valence-electron chi connectivity index (χ3n) is 2.02. The van der Waals surface area contributed by atoms with Crippen LogP contribution in [0, 0.1) is 0 Å². The van der Waals surface area contributed by atoms with Crippen LogP contribution >= 0.6 is 15.9 Å². The number of nitrogens with zero attached hydrogens (tertiary/aromatic N) is 2. The molecule has 16 heavy (non-hydrogen) atoms. The monoisotopic (exact) mass is 392 g/mol. The van der Waals surface area contributed by atoms with E-state index in [2.05, 4.69) is 21.0 Å². The van der Waals surface area contributed by atoms with Crippen molar-refractivity contribution < 1.29 is 13.2 Å². The van der Waals surface area contributed by atoms with Crippen LogP contribution in [0.2, 0.25) is 0 Å².